The molecule has 1 atom stereocenters. The zero-order chi connectivity index (χ0) is 14.7. The highest BCUT2D eigenvalue weighted by Crippen LogP contribution is 2.29. The molecule has 0 N–H and O–H groups in total. The van der Waals surface area contributed by atoms with Gasteiger partial charge in [0.2, 0.25) is 5.82 Å². The number of rotatable bonds is 3. The van der Waals surface area contributed by atoms with Crippen molar-refractivity contribution in [1.82, 2.24) is 0 Å². The summed E-state index contributed by atoms with van der Waals surface area (Å²) in [5, 5.41) is 8.65. The Kier molecular flexibility index (Phi) is 4.43. The molecule has 0 aliphatic rings. The fourth-order valence-electron chi connectivity index (χ4n) is 1.34. The van der Waals surface area contributed by atoms with Crippen LogP contribution in [-0.2, 0) is 9.53 Å². The van der Waals surface area contributed by atoms with Crippen LogP contribution in [0.4, 0.5) is 22.0 Å². The Labute approximate surface area is 104 Å². The van der Waals surface area contributed by atoms with Gasteiger partial charge in [0.1, 0.15) is 0 Å². The van der Waals surface area contributed by atoms with Crippen molar-refractivity contribution in [3.8, 4) is 6.07 Å². The third-order valence-corrected chi connectivity index (χ3v) is 2.18. The second kappa shape index (κ2) is 5.65. The summed E-state index contributed by atoms with van der Waals surface area (Å²) in [6, 6.07) is 1.15. The minimum atomic E-state index is -2.36. The van der Waals surface area contributed by atoms with Crippen molar-refractivity contribution in [3.63, 3.8) is 0 Å². The summed E-state index contributed by atoms with van der Waals surface area (Å²) in [7, 11) is 0. The molecule has 0 saturated carbocycles. The standard InChI is InChI=1S/C11H6F5NO2/c1-2-19-11(18)4(3-17)5-6(12)8(14)10(16)9(15)7(5)13/h4H,2H2,1H3/t4-/m1/s1. The molecule has 0 bridgehead atoms. The van der Waals surface area contributed by atoms with Gasteiger partial charge >= 0.3 is 5.97 Å². The largest absolute Gasteiger partial charge is 0.465 e. The maximum Gasteiger partial charge on any atom is 0.328 e. The Balaban J connectivity index is 3.50. The minimum Gasteiger partial charge on any atom is -0.465 e. The van der Waals surface area contributed by atoms with E-state index in [9.17, 15) is 26.7 Å². The Morgan fingerprint density at radius 1 is 1.11 bits per heavy atom. The molecular weight excluding hydrogens is 273 g/mol. The normalized spacial score (nSPS) is 11.8. The molecule has 0 aliphatic heterocycles. The van der Waals surface area contributed by atoms with E-state index in [0.29, 0.717) is 0 Å². The fraction of sp³-hybridized carbons (Fsp3) is 0.273. The van der Waals surface area contributed by atoms with Crippen LogP contribution in [0.1, 0.15) is 18.4 Å². The molecule has 102 valence electrons. The molecule has 0 aliphatic carbocycles. The number of nitrogens with zero attached hydrogens (tertiary/aromatic N) is 1. The van der Waals surface area contributed by atoms with E-state index in [2.05, 4.69) is 4.74 Å². The first-order chi connectivity index (χ1) is 8.86. The zero-order valence-electron chi connectivity index (χ0n) is 9.44. The number of ether oxygens (including phenoxy) is 1. The predicted molar refractivity (Wildman–Crippen MR) is 51.2 cm³/mol. The second-order valence-corrected chi connectivity index (χ2v) is 3.30. The molecule has 0 fully saturated rings. The molecule has 1 aromatic carbocycles. The van der Waals surface area contributed by atoms with Crippen molar-refractivity contribution in [1.29, 1.82) is 5.26 Å². The van der Waals surface area contributed by atoms with Crippen molar-refractivity contribution in [3.05, 3.63) is 34.6 Å². The molecular formula is C11H6F5NO2. The average molecular weight is 279 g/mol. The van der Waals surface area contributed by atoms with Crippen LogP contribution >= 0.6 is 0 Å². The van der Waals surface area contributed by atoms with Gasteiger partial charge in [0, 0.05) is 0 Å². The van der Waals surface area contributed by atoms with E-state index < -0.39 is 46.5 Å². The van der Waals surface area contributed by atoms with E-state index in [0.717, 1.165) is 6.07 Å². The Morgan fingerprint density at radius 2 is 1.53 bits per heavy atom. The van der Waals surface area contributed by atoms with Gasteiger partial charge in [0.05, 0.1) is 18.2 Å². The van der Waals surface area contributed by atoms with E-state index in [1.54, 1.807) is 0 Å². The summed E-state index contributed by atoms with van der Waals surface area (Å²) >= 11 is 0. The van der Waals surface area contributed by atoms with Crippen LogP contribution in [0.25, 0.3) is 0 Å². The average Bonchev–Trinajstić information content (AvgIpc) is 2.39. The van der Waals surface area contributed by atoms with Gasteiger partial charge in [-0.05, 0) is 6.92 Å². The Bertz CT molecular complexity index is 538. The number of esters is 1. The van der Waals surface area contributed by atoms with Crippen LogP contribution in [0.2, 0.25) is 0 Å². The molecule has 8 heteroatoms. The molecule has 3 nitrogen and oxygen atoms in total. The molecule has 0 heterocycles. The summed E-state index contributed by atoms with van der Waals surface area (Å²) in [6.45, 7) is 1.14. The first kappa shape index (κ1) is 14.9. The smallest absolute Gasteiger partial charge is 0.328 e. The maximum absolute atomic E-state index is 13.4. The zero-order valence-corrected chi connectivity index (χ0v) is 9.44. The van der Waals surface area contributed by atoms with Crippen LogP contribution in [0.5, 0.6) is 0 Å². The summed E-state index contributed by atoms with van der Waals surface area (Å²) in [4.78, 5) is 11.3. The molecule has 19 heavy (non-hydrogen) atoms. The van der Waals surface area contributed by atoms with Gasteiger partial charge in [0.25, 0.3) is 0 Å². The van der Waals surface area contributed by atoms with Gasteiger partial charge in [-0.2, -0.15) is 5.26 Å². The van der Waals surface area contributed by atoms with Gasteiger partial charge in [-0.15, -0.1) is 0 Å². The lowest BCUT2D eigenvalue weighted by Gasteiger charge is -2.12. The third kappa shape index (κ3) is 2.50. The van der Waals surface area contributed by atoms with Crippen LogP contribution in [0.15, 0.2) is 0 Å². The first-order valence-electron chi connectivity index (χ1n) is 4.94. The molecule has 1 rings (SSSR count). The van der Waals surface area contributed by atoms with Gasteiger partial charge in [-0.1, -0.05) is 0 Å². The first-order valence-corrected chi connectivity index (χ1v) is 4.94. The number of halogens is 5. The Morgan fingerprint density at radius 3 is 1.89 bits per heavy atom. The fourth-order valence-corrected chi connectivity index (χ4v) is 1.34. The lowest BCUT2D eigenvalue weighted by molar-refractivity contribution is -0.143. The number of nitriles is 1. The Hall–Kier alpha value is -2.17. The van der Waals surface area contributed by atoms with Crippen molar-refractivity contribution in [2.24, 2.45) is 0 Å². The number of carbonyl (C=O) groups excluding carboxylic acids is 1. The van der Waals surface area contributed by atoms with E-state index in [4.69, 9.17) is 5.26 Å². The van der Waals surface area contributed by atoms with Crippen LogP contribution in [0, 0.1) is 40.4 Å². The summed E-state index contributed by atoms with van der Waals surface area (Å²) in [5.41, 5.74) is -1.52. The van der Waals surface area contributed by atoms with Crippen LogP contribution in [-0.4, -0.2) is 12.6 Å². The van der Waals surface area contributed by atoms with Crippen molar-refractivity contribution < 1.29 is 31.5 Å². The molecule has 0 unspecified atom stereocenters. The van der Waals surface area contributed by atoms with E-state index in [-0.39, 0.29) is 6.61 Å². The van der Waals surface area contributed by atoms with E-state index in [1.165, 1.54) is 6.92 Å². The minimum absolute atomic E-state index is 0.216. The predicted octanol–water partition coefficient (Wildman–Crippen LogP) is 2.55. The second-order valence-electron chi connectivity index (χ2n) is 3.30. The number of carbonyl (C=O) groups is 1. The molecule has 0 amide bonds. The number of benzene rings is 1. The van der Waals surface area contributed by atoms with E-state index in [1.807, 2.05) is 0 Å². The monoisotopic (exact) mass is 279 g/mol. The van der Waals surface area contributed by atoms with Crippen molar-refractivity contribution in [2.75, 3.05) is 6.61 Å². The molecule has 1 aromatic rings. The highest BCUT2D eigenvalue weighted by Gasteiger charge is 2.34. The topological polar surface area (TPSA) is 50.1 Å². The third-order valence-electron chi connectivity index (χ3n) is 2.18. The summed E-state index contributed by atoms with van der Waals surface area (Å²) in [5.74, 6) is -14.9. The van der Waals surface area contributed by atoms with Crippen molar-refractivity contribution >= 4 is 5.97 Å². The van der Waals surface area contributed by atoms with Gasteiger partial charge < -0.3 is 4.74 Å². The van der Waals surface area contributed by atoms with Gasteiger partial charge in [-0.3, -0.25) is 4.79 Å². The molecule has 0 spiro atoms. The summed E-state index contributed by atoms with van der Waals surface area (Å²) in [6.07, 6.45) is 0. The lowest BCUT2D eigenvalue weighted by Crippen LogP contribution is -2.19. The quantitative estimate of drug-likeness (QED) is 0.370. The lowest BCUT2D eigenvalue weighted by atomic mass is 9.98. The molecule has 0 radical (unpaired) electrons. The van der Waals surface area contributed by atoms with Gasteiger partial charge in [0.15, 0.2) is 29.2 Å². The highest BCUT2D eigenvalue weighted by molar-refractivity contribution is 5.81. The summed E-state index contributed by atoms with van der Waals surface area (Å²) < 4.78 is 69.7. The molecule has 0 saturated heterocycles. The van der Waals surface area contributed by atoms with Gasteiger partial charge in [-0.25, -0.2) is 22.0 Å². The number of hydrogen-bond acceptors (Lipinski definition) is 3. The van der Waals surface area contributed by atoms with Crippen LogP contribution < -0.4 is 0 Å². The molecule has 0 aromatic heterocycles. The van der Waals surface area contributed by atoms with Crippen molar-refractivity contribution in [2.45, 2.75) is 12.8 Å². The highest BCUT2D eigenvalue weighted by atomic mass is 19.2. The van der Waals surface area contributed by atoms with E-state index >= 15 is 0 Å². The SMILES string of the molecule is CCOC(=O)[C@H](C#N)c1c(F)c(F)c(F)c(F)c1F. The maximum atomic E-state index is 13.4. The number of hydrogen-bond donors (Lipinski definition) is 0. The van der Waals surface area contributed by atoms with Crippen LogP contribution in [0.3, 0.4) is 0 Å².